The zero-order valence-electron chi connectivity index (χ0n) is 14.4. The molecule has 2 heterocycles. The van der Waals surface area contributed by atoms with Crippen LogP contribution >= 0.6 is 46.3 Å². The molecule has 2 aromatic heterocycles. The molecular formula is C16H9Cl3N6O3S. The minimum Gasteiger partial charge on any atom is -0.504 e. The number of nitriles is 1. The van der Waals surface area contributed by atoms with Gasteiger partial charge in [-0.15, -0.1) is 10.2 Å². The molecule has 9 nitrogen and oxygen atoms in total. The van der Waals surface area contributed by atoms with Crippen LogP contribution in [0.25, 0.3) is 11.0 Å². The van der Waals surface area contributed by atoms with Gasteiger partial charge in [-0.1, -0.05) is 34.8 Å². The highest BCUT2D eigenvalue weighted by Gasteiger charge is 2.18. The minimum atomic E-state index is -0.787. The Labute approximate surface area is 182 Å². The number of amides is 1. The summed E-state index contributed by atoms with van der Waals surface area (Å²) in [4.78, 5) is 15.7. The number of aromatic nitrogens is 2. The smallest absolute Gasteiger partial charge is 0.411 e. The lowest BCUT2D eigenvalue weighted by molar-refractivity contribution is 0.168. The van der Waals surface area contributed by atoms with Crippen LogP contribution in [-0.2, 0) is 4.74 Å². The van der Waals surface area contributed by atoms with E-state index in [1.807, 2.05) is 6.07 Å². The van der Waals surface area contributed by atoms with Crippen molar-refractivity contribution in [3.05, 3.63) is 32.9 Å². The maximum absolute atomic E-state index is 11.6. The van der Waals surface area contributed by atoms with Crippen molar-refractivity contribution in [1.29, 1.82) is 5.26 Å². The van der Waals surface area contributed by atoms with Crippen LogP contribution in [0, 0.1) is 11.3 Å². The van der Waals surface area contributed by atoms with E-state index in [0.29, 0.717) is 16.0 Å². The first-order valence-corrected chi connectivity index (χ1v) is 9.68. The van der Waals surface area contributed by atoms with Gasteiger partial charge in [0.1, 0.15) is 21.9 Å². The molecule has 0 aliphatic rings. The summed E-state index contributed by atoms with van der Waals surface area (Å²) >= 11 is 19.0. The number of fused-ring (bicyclic) bond motifs is 1. The molecule has 0 radical (unpaired) electrons. The summed E-state index contributed by atoms with van der Waals surface area (Å²) in [6, 6.07) is 4.71. The monoisotopic (exact) mass is 470 g/mol. The van der Waals surface area contributed by atoms with Gasteiger partial charge in [0.2, 0.25) is 0 Å². The number of hydrogen-bond donors (Lipinski definition) is 2. The number of ether oxygens (including phenoxy) is 1. The Kier molecular flexibility index (Phi) is 6.34. The van der Waals surface area contributed by atoms with Gasteiger partial charge in [0.25, 0.3) is 0 Å². The molecule has 0 atom stereocenters. The fourth-order valence-electron chi connectivity index (χ4n) is 2.14. The third-order valence-electron chi connectivity index (χ3n) is 3.45. The average Bonchev–Trinajstić information content (AvgIpc) is 3.08. The maximum atomic E-state index is 11.6. The van der Waals surface area contributed by atoms with Gasteiger partial charge in [0, 0.05) is 0 Å². The van der Waals surface area contributed by atoms with Crippen LogP contribution in [0.15, 0.2) is 22.4 Å². The number of halogens is 3. The van der Waals surface area contributed by atoms with E-state index in [9.17, 15) is 9.90 Å². The Morgan fingerprint density at radius 1 is 1.34 bits per heavy atom. The first kappa shape index (κ1) is 21.0. The fraction of sp³-hybridized carbons (Fsp3) is 0.125. The molecular weight excluding hydrogens is 463 g/mol. The third-order valence-corrected chi connectivity index (χ3v) is 5.32. The number of carbonyl (C=O) groups is 1. The number of rotatable bonds is 4. The van der Waals surface area contributed by atoms with Gasteiger partial charge in [0.15, 0.2) is 16.4 Å². The van der Waals surface area contributed by atoms with Crippen molar-refractivity contribution < 1.29 is 14.6 Å². The molecule has 148 valence electrons. The van der Waals surface area contributed by atoms with Crippen LogP contribution < -0.4 is 5.32 Å². The van der Waals surface area contributed by atoms with Gasteiger partial charge < -0.3 is 9.84 Å². The summed E-state index contributed by atoms with van der Waals surface area (Å²) in [5.41, 5.74) is 0.501. The Morgan fingerprint density at radius 3 is 2.79 bits per heavy atom. The van der Waals surface area contributed by atoms with Crippen LogP contribution in [0.4, 0.5) is 21.2 Å². The van der Waals surface area contributed by atoms with Crippen molar-refractivity contribution in [2.75, 3.05) is 11.9 Å². The summed E-state index contributed by atoms with van der Waals surface area (Å²) in [6.07, 6.45) is -0.787. The zero-order chi connectivity index (χ0) is 21.1. The highest BCUT2D eigenvalue weighted by atomic mass is 35.5. The molecule has 3 rings (SSSR count). The van der Waals surface area contributed by atoms with Crippen molar-refractivity contribution in [2.24, 2.45) is 10.2 Å². The average molecular weight is 472 g/mol. The molecule has 1 aromatic carbocycles. The molecule has 3 aromatic rings. The summed E-state index contributed by atoms with van der Waals surface area (Å²) in [6.45, 7) is 1.77. The van der Waals surface area contributed by atoms with Crippen LogP contribution in [0.2, 0.25) is 15.2 Å². The molecule has 0 unspecified atom stereocenters. The Morgan fingerprint density at radius 2 is 2.10 bits per heavy atom. The first-order chi connectivity index (χ1) is 13.8. The van der Waals surface area contributed by atoms with Gasteiger partial charge in [-0.05, 0) is 30.6 Å². The molecule has 1 amide bonds. The van der Waals surface area contributed by atoms with Crippen molar-refractivity contribution in [2.45, 2.75) is 6.92 Å². The SMILES string of the molecule is CCOC(=O)Nc1cc(/N=N/c2snc3nc(Cl)c(C#N)cc23)c(Cl)c(Cl)c1O. The van der Waals surface area contributed by atoms with E-state index in [2.05, 4.69) is 24.9 Å². The molecule has 2 N–H and O–H groups in total. The lowest BCUT2D eigenvalue weighted by Crippen LogP contribution is -2.13. The number of carbonyl (C=O) groups excluding carboxylic acids is 1. The molecule has 13 heteroatoms. The molecule has 29 heavy (non-hydrogen) atoms. The lowest BCUT2D eigenvalue weighted by Gasteiger charge is -2.10. The number of phenolic OH excluding ortho intramolecular Hbond substituents is 1. The van der Waals surface area contributed by atoms with Crippen LogP contribution in [0.3, 0.4) is 0 Å². The molecule has 0 bridgehead atoms. The van der Waals surface area contributed by atoms with E-state index in [1.165, 1.54) is 12.1 Å². The van der Waals surface area contributed by atoms with Crippen LogP contribution in [-0.4, -0.2) is 27.2 Å². The van der Waals surface area contributed by atoms with E-state index in [-0.39, 0.29) is 38.7 Å². The summed E-state index contributed by atoms with van der Waals surface area (Å²) in [5.74, 6) is -0.440. The van der Waals surface area contributed by atoms with E-state index >= 15 is 0 Å². The summed E-state index contributed by atoms with van der Waals surface area (Å²) in [7, 11) is 0. The molecule has 0 aliphatic heterocycles. The highest BCUT2D eigenvalue weighted by molar-refractivity contribution is 7.11. The second-order valence-electron chi connectivity index (χ2n) is 5.26. The number of hydrogen-bond acceptors (Lipinski definition) is 9. The molecule has 0 saturated carbocycles. The van der Waals surface area contributed by atoms with Gasteiger partial charge in [-0.25, -0.2) is 9.78 Å². The van der Waals surface area contributed by atoms with E-state index in [1.54, 1.807) is 6.92 Å². The molecule has 0 fully saturated rings. The summed E-state index contributed by atoms with van der Waals surface area (Å²) < 4.78 is 8.88. The lowest BCUT2D eigenvalue weighted by atomic mass is 10.2. The van der Waals surface area contributed by atoms with Crippen molar-refractivity contribution >= 4 is 79.8 Å². The number of phenols is 1. The third kappa shape index (κ3) is 4.33. The number of benzene rings is 1. The maximum Gasteiger partial charge on any atom is 0.411 e. The second kappa shape index (κ2) is 8.75. The Hall–Kier alpha value is -2.71. The van der Waals surface area contributed by atoms with E-state index < -0.39 is 11.8 Å². The van der Waals surface area contributed by atoms with E-state index in [4.69, 9.17) is 44.8 Å². The molecule has 0 aliphatic carbocycles. The Bertz CT molecular complexity index is 1190. The topological polar surface area (TPSA) is 133 Å². The van der Waals surface area contributed by atoms with Crippen molar-refractivity contribution in [3.63, 3.8) is 0 Å². The summed E-state index contributed by atoms with van der Waals surface area (Å²) in [5, 5.41) is 30.2. The number of pyridine rings is 1. The zero-order valence-corrected chi connectivity index (χ0v) is 17.5. The van der Waals surface area contributed by atoms with Crippen molar-refractivity contribution in [1.82, 2.24) is 9.36 Å². The minimum absolute atomic E-state index is 0.0387. The second-order valence-corrected chi connectivity index (χ2v) is 7.13. The fourth-order valence-corrected chi connectivity index (χ4v) is 3.34. The number of azo groups is 1. The van der Waals surface area contributed by atoms with Gasteiger partial charge in [0.05, 0.1) is 28.3 Å². The first-order valence-electron chi connectivity index (χ1n) is 7.78. The Balaban J connectivity index is 2.00. The molecule has 0 saturated heterocycles. The van der Waals surface area contributed by atoms with Crippen LogP contribution in [0.5, 0.6) is 5.75 Å². The number of nitrogens with zero attached hydrogens (tertiary/aromatic N) is 5. The normalized spacial score (nSPS) is 11.0. The molecule has 0 spiro atoms. The largest absolute Gasteiger partial charge is 0.504 e. The standard InChI is InChI=1S/C16H9Cl3N6O3S/c1-2-28-16(27)21-9-4-8(10(17)11(18)12(9)26)23-24-15-7-3-6(5-20)13(19)22-14(7)25-29-15/h3-4,26H,2H2,1H3,(H,21,27)/b24-23+. The van der Waals surface area contributed by atoms with E-state index in [0.717, 1.165) is 11.5 Å². The predicted octanol–water partition coefficient (Wildman–Crippen LogP) is 6.21. The quantitative estimate of drug-likeness (QED) is 0.264. The van der Waals surface area contributed by atoms with Gasteiger partial charge in [-0.3, -0.25) is 5.32 Å². The number of aromatic hydroxyl groups is 1. The van der Waals surface area contributed by atoms with Gasteiger partial charge >= 0.3 is 6.09 Å². The predicted molar refractivity (Wildman–Crippen MR) is 110 cm³/mol. The highest BCUT2D eigenvalue weighted by Crippen LogP contribution is 2.44. The number of nitrogens with one attached hydrogen (secondary N) is 1. The number of anilines is 1. The van der Waals surface area contributed by atoms with Gasteiger partial charge in [-0.2, -0.15) is 9.64 Å². The van der Waals surface area contributed by atoms with Crippen molar-refractivity contribution in [3.8, 4) is 11.8 Å². The van der Waals surface area contributed by atoms with Crippen LogP contribution in [0.1, 0.15) is 12.5 Å².